The minimum absolute atomic E-state index is 0.210. The van der Waals surface area contributed by atoms with E-state index in [1.807, 2.05) is 30.3 Å². The van der Waals surface area contributed by atoms with Crippen molar-refractivity contribution in [2.24, 2.45) is 5.92 Å². The summed E-state index contributed by atoms with van der Waals surface area (Å²) in [4.78, 5) is 22.1. The van der Waals surface area contributed by atoms with Crippen LogP contribution in [0.5, 0.6) is 0 Å². The minimum Gasteiger partial charge on any atom is -0.464 e. The molecule has 0 spiro atoms. The van der Waals surface area contributed by atoms with Gasteiger partial charge in [-0.15, -0.1) is 0 Å². The first-order chi connectivity index (χ1) is 6.83. The lowest BCUT2D eigenvalue weighted by Gasteiger charge is -2.08. The maximum absolute atomic E-state index is 11.4. The van der Waals surface area contributed by atoms with Gasteiger partial charge in [0.1, 0.15) is 12.9 Å². The van der Waals surface area contributed by atoms with Gasteiger partial charge in [0, 0.05) is 0 Å². The molecule has 1 heterocycles. The van der Waals surface area contributed by atoms with Crippen LogP contribution in [-0.2, 0) is 14.3 Å². The number of esters is 1. The van der Waals surface area contributed by atoms with Crippen LogP contribution in [0.15, 0.2) is 30.3 Å². The Morgan fingerprint density at radius 2 is 2.00 bits per heavy atom. The van der Waals surface area contributed by atoms with Crippen LogP contribution in [0.25, 0.3) is 0 Å². The highest BCUT2D eigenvalue weighted by atomic mass is 16.5. The fourth-order valence-electron chi connectivity index (χ4n) is 1.70. The zero-order valence-corrected chi connectivity index (χ0v) is 7.55. The standard InChI is InChI=1S/C11H10O3/c12-6-9-7-14-11(13)10(9)8-4-2-1-3-5-8/h1-6,9-10H,7H2/t9?,10-/m1/s1. The lowest BCUT2D eigenvalue weighted by molar-refractivity contribution is -0.139. The zero-order valence-electron chi connectivity index (χ0n) is 7.55. The average molecular weight is 190 g/mol. The summed E-state index contributed by atoms with van der Waals surface area (Å²) in [6, 6.07) is 9.26. The summed E-state index contributed by atoms with van der Waals surface area (Å²) < 4.78 is 4.85. The van der Waals surface area contributed by atoms with Gasteiger partial charge < -0.3 is 9.53 Å². The van der Waals surface area contributed by atoms with Gasteiger partial charge in [-0.05, 0) is 5.56 Å². The summed E-state index contributed by atoms with van der Waals surface area (Å²) in [7, 11) is 0. The van der Waals surface area contributed by atoms with Crippen molar-refractivity contribution in [3.8, 4) is 0 Å². The Kier molecular flexibility index (Phi) is 2.31. The second-order valence-corrected chi connectivity index (χ2v) is 3.32. The monoisotopic (exact) mass is 190 g/mol. The average Bonchev–Trinajstić information content (AvgIpc) is 2.61. The summed E-state index contributed by atoms with van der Waals surface area (Å²) in [5.41, 5.74) is 0.854. The molecule has 0 saturated carbocycles. The number of rotatable bonds is 2. The van der Waals surface area contributed by atoms with Gasteiger partial charge in [0.2, 0.25) is 0 Å². The fraction of sp³-hybridized carbons (Fsp3) is 0.273. The van der Waals surface area contributed by atoms with Crippen molar-refractivity contribution in [1.29, 1.82) is 0 Å². The van der Waals surface area contributed by atoms with Crippen molar-refractivity contribution in [1.82, 2.24) is 0 Å². The van der Waals surface area contributed by atoms with Gasteiger partial charge in [-0.1, -0.05) is 30.3 Å². The number of hydrogen-bond donors (Lipinski definition) is 0. The normalized spacial score (nSPS) is 25.9. The molecule has 1 aliphatic rings. The fourth-order valence-corrected chi connectivity index (χ4v) is 1.70. The van der Waals surface area contributed by atoms with Crippen molar-refractivity contribution in [2.75, 3.05) is 6.61 Å². The molecule has 1 aromatic carbocycles. The molecule has 3 heteroatoms. The Bertz CT molecular complexity index is 345. The molecule has 0 radical (unpaired) electrons. The third-order valence-corrected chi connectivity index (χ3v) is 2.43. The Balaban J connectivity index is 2.32. The van der Waals surface area contributed by atoms with E-state index in [0.717, 1.165) is 11.8 Å². The SMILES string of the molecule is O=CC1COC(=O)[C@@H]1c1ccccc1. The maximum Gasteiger partial charge on any atom is 0.314 e. The molecule has 3 nitrogen and oxygen atoms in total. The zero-order chi connectivity index (χ0) is 9.97. The molecule has 0 aromatic heterocycles. The predicted octanol–water partition coefficient (Wildman–Crippen LogP) is 1.14. The van der Waals surface area contributed by atoms with E-state index in [-0.39, 0.29) is 18.5 Å². The molecule has 2 rings (SSSR count). The molecule has 0 bridgehead atoms. The number of carbonyl (C=O) groups is 2. The number of benzene rings is 1. The van der Waals surface area contributed by atoms with E-state index in [1.165, 1.54) is 0 Å². The second kappa shape index (κ2) is 3.62. The van der Waals surface area contributed by atoms with Crippen molar-refractivity contribution >= 4 is 12.3 Å². The molecular formula is C11H10O3. The molecule has 72 valence electrons. The summed E-state index contributed by atoms with van der Waals surface area (Å²) in [6.07, 6.45) is 0.794. The Morgan fingerprint density at radius 3 is 2.64 bits per heavy atom. The van der Waals surface area contributed by atoms with Gasteiger partial charge in [0.15, 0.2) is 0 Å². The third kappa shape index (κ3) is 1.41. The topological polar surface area (TPSA) is 43.4 Å². The van der Waals surface area contributed by atoms with Crippen LogP contribution < -0.4 is 0 Å². The van der Waals surface area contributed by atoms with Gasteiger partial charge in [-0.3, -0.25) is 4.79 Å². The molecule has 1 unspecified atom stereocenters. The molecule has 0 aliphatic carbocycles. The van der Waals surface area contributed by atoms with Gasteiger partial charge >= 0.3 is 5.97 Å². The molecule has 2 atom stereocenters. The molecule has 0 amide bonds. The Labute approximate surface area is 81.7 Å². The van der Waals surface area contributed by atoms with Gasteiger partial charge in [-0.2, -0.15) is 0 Å². The molecule has 0 N–H and O–H groups in total. The molecule has 1 aliphatic heterocycles. The highest BCUT2D eigenvalue weighted by Crippen LogP contribution is 2.30. The second-order valence-electron chi connectivity index (χ2n) is 3.32. The minimum atomic E-state index is -0.409. The lowest BCUT2D eigenvalue weighted by atomic mass is 9.89. The highest BCUT2D eigenvalue weighted by molar-refractivity contribution is 5.84. The van der Waals surface area contributed by atoms with Crippen LogP contribution in [0, 0.1) is 5.92 Å². The van der Waals surface area contributed by atoms with E-state index in [9.17, 15) is 9.59 Å². The van der Waals surface area contributed by atoms with E-state index in [1.54, 1.807) is 0 Å². The summed E-state index contributed by atoms with van der Waals surface area (Å²) in [5.74, 6) is -1.04. The Morgan fingerprint density at radius 1 is 1.29 bits per heavy atom. The van der Waals surface area contributed by atoms with Crippen molar-refractivity contribution in [3.05, 3.63) is 35.9 Å². The van der Waals surface area contributed by atoms with Crippen LogP contribution in [0.4, 0.5) is 0 Å². The van der Waals surface area contributed by atoms with Crippen LogP contribution in [0.1, 0.15) is 11.5 Å². The van der Waals surface area contributed by atoms with Crippen molar-refractivity contribution < 1.29 is 14.3 Å². The van der Waals surface area contributed by atoms with E-state index in [2.05, 4.69) is 0 Å². The first kappa shape index (κ1) is 8.94. The Hall–Kier alpha value is -1.64. The van der Waals surface area contributed by atoms with E-state index >= 15 is 0 Å². The van der Waals surface area contributed by atoms with E-state index < -0.39 is 5.92 Å². The van der Waals surface area contributed by atoms with Gasteiger partial charge in [0.05, 0.1) is 11.8 Å². The molecular weight excluding hydrogens is 180 g/mol. The van der Waals surface area contributed by atoms with Crippen LogP contribution >= 0.6 is 0 Å². The maximum atomic E-state index is 11.4. The number of cyclic esters (lactones) is 1. The van der Waals surface area contributed by atoms with Crippen LogP contribution in [0.3, 0.4) is 0 Å². The number of hydrogen-bond acceptors (Lipinski definition) is 3. The van der Waals surface area contributed by atoms with Gasteiger partial charge in [0.25, 0.3) is 0 Å². The van der Waals surface area contributed by atoms with Crippen LogP contribution in [-0.4, -0.2) is 18.9 Å². The first-order valence-corrected chi connectivity index (χ1v) is 4.50. The number of aldehydes is 1. The summed E-state index contributed by atoms with van der Waals surface area (Å²) >= 11 is 0. The first-order valence-electron chi connectivity index (χ1n) is 4.50. The molecule has 1 saturated heterocycles. The smallest absolute Gasteiger partial charge is 0.314 e. The van der Waals surface area contributed by atoms with Crippen LogP contribution in [0.2, 0.25) is 0 Å². The molecule has 1 aromatic rings. The summed E-state index contributed by atoms with van der Waals surface area (Å²) in [5, 5.41) is 0. The number of carbonyl (C=O) groups excluding carboxylic acids is 2. The molecule has 1 fully saturated rings. The summed E-state index contributed by atoms with van der Waals surface area (Å²) in [6.45, 7) is 0.210. The van der Waals surface area contributed by atoms with Crippen molar-refractivity contribution in [2.45, 2.75) is 5.92 Å². The van der Waals surface area contributed by atoms with Gasteiger partial charge in [-0.25, -0.2) is 0 Å². The number of ether oxygens (including phenoxy) is 1. The predicted molar refractivity (Wildman–Crippen MR) is 49.7 cm³/mol. The van der Waals surface area contributed by atoms with E-state index in [0.29, 0.717) is 0 Å². The third-order valence-electron chi connectivity index (χ3n) is 2.43. The largest absolute Gasteiger partial charge is 0.464 e. The van der Waals surface area contributed by atoms with Crippen molar-refractivity contribution in [3.63, 3.8) is 0 Å². The lowest BCUT2D eigenvalue weighted by Crippen LogP contribution is -2.14. The van der Waals surface area contributed by atoms with E-state index in [4.69, 9.17) is 4.74 Å². The quantitative estimate of drug-likeness (QED) is 0.519. The molecule has 14 heavy (non-hydrogen) atoms. The highest BCUT2D eigenvalue weighted by Gasteiger charge is 2.37.